The topological polar surface area (TPSA) is 96.7 Å². The minimum atomic E-state index is -1.38. The summed E-state index contributed by atoms with van der Waals surface area (Å²) >= 11 is 0. The van der Waals surface area contributed by atoms with Crippen LogP contribution in [0.5, 0.6) is 0 Å². The zero-order chi connectivity index (χ0) is 15.7. The van der Waals surface area contributed by atoms with Gasteiger partial charge in [0.15, 0.2) is 5.41 Å². The average molecular weight is 300 g/mol. The fourth-order valence-corrected chi connectivity index (χ4v) is 2.50. The van der Waals surface area contributed by atoms with E-state index in [0.29, 0.717) is 5.06 Å². The van der Waals surface area contributed by atoms with Gasteiger partial charge in [-0.25, -0.2) is 4.79 Å². The van der Waals surface area contributed by atoms with E-state index < -0.39 is 23.2 Å². The summed E-state index contributed by atoms with van der Waals surface area (Å²) in [6.45, 7) is 0.509. The van der Waals surface area contributed by atoms with Gasteiger partial charge in [-0.1, -0.05) is 17.2 Å². The van der Waals surface area contributed by atoms with E-state index in [0.717, 1.165) is 0 Å². The summed E-state index contributed by atoms with van der Waals surface area (Å²) < 4.78 is 5.13. The fourth-order valence-electron chi connectivity index (χ4n) is 2.50. The molecular weight excluding hydrogens is 288 g/mol. The molecule has 0 unspecified atom stereocenters. The Hall–Kier alpha value is -2.72. The molecule has 7 heteroatoms. The number of ether oxygens (including phenoxy) is 1. The van der Waals surface area contributed by atoms with Gasteiger partial charge >= 0.3 is 5.97 Å². The molecule has 7 nitrogen and oxygen atoms in total. The van der Waals surface area contributed by atoms with E-state index in [2.05, 4.69) is 0 Å². The Morgan fingerprint density at radius 1 is 1.18 bits per heavy atom. The average Bonchev–Trinajstić information content (AvgIpc) is 2.81. The van der Waals surface area contributed by atoms with Crippen LogP contribution in [0.1, 0.15) is 33.6 Å². The van der Waals surface area contributed by atoms with Crippen LogP contribution in [0.3, 0.4) is 0 Å². The lowest BCUT2D eigenvalue weighted by atomic mass is 9.82. The molecule has 1 aromatic rings. The van der Waals surface area contributed by atoms with Crippen LogP contribution in [0, 0.1) is 16.7 Å². The molecule has 2 heterocycles. The number of hydrogen-bond acceptors (Lipinski definition) is 6. The second-order valence-corrected chi connectivity index (χ2v) is 5.14. The van der Waals surface area contributed by atoms with E-state index in [4.69, 9.17) is 9.57 Å². The molecule has 22 heavy (non-hydrogen) atoms. The first-order valence-electron chi connectivity index (χ1n) is 6.78. The lowest BCUT2D eigenvalue weighted by Gasteiger charge is -2.28. The van der Waals surface area contributed by atoms with Crippen molar-refractivity contribution in [3.05, 3.63) is 35.4 Å². The maximum atomic E-state index is 12.3. The third-order valence-electron chi connectivity index (χ3n) is 3.88. The second-order valence-electron chi connectivity index (χ2n) is 5.14. The third-order valence-corrected chi connectivity index (χ3v) is 3.88. The lowest BCUT2D eigenvalue weighted by molar-refractivity contribution is -0.182. The van der Waals surface area contributed by atoms with Gasteiger partial charge in [0.1, 0.15) is 0 Å². The van der Waals surface area contributed by atoms with Gasteiger partial charge in [-0.3, -0.25) is 9.59 Å². The van der Waals surface area contributed by atoms with Crippen molar-refractivity contribution in [2.24, 2.45) is 5.41 Å². The van der Waals surface area contributed by atoms with Crippen molar-refractivity contribution in [1.29, 1.82) is 5.26 Å². The molecule has 0 saturated carbocycles. The number of amides is 2. The zero-order valence-corrected chi connectivity index (χ0v) is 11.6. The van der Waals surface area contributed by atoms with Crippen molar-refractivity contribution in [3.63, 3.8) is 0 Å². The Labute approximate surface area is 126 Å². The van der Waals surface area contributed by atoms with Crippen molar-refractivity contribution < 1.29 is 24.0 Å². The standard InChI is InChI=1S/C15H12N2O5/c16-9-15(5-7-21-8-6-15)14(20)22-17-12(18)10-3-1-2-4-11(10)13(17)19/h1-4H,5-8H2. The Bertz CT molecular complexity index is 665. The first-order chi connectivity index (χ1) is 10.6. The Kier molecular flexibility index (Phi) is 3.39. The molecule has 1 fully saturated rings. The van der Waals surface area contributed by atoms with E-state index in [-0.39, 0.29) is 37.2 Å². The quantitative estimate of drug-likeness (QED) is 0.758. The predicted molar refractivity (Wildman–Crippen MR) is 71.1 cm³/mol. The number of hydroxylamine groups is 2. The van der Waals surface area contributed by atoms with Gasteiger partial charge < -0.3 is 9.57 Å². The summed E-state index contributed by atoms with van der Waals surface area (Å²) in [5.41, 5.74) is -1.02. The molecule has 0 atom stereocenters. The minimum absolute atomic E-state index is 0.172. The number of rotatable bonds is 2. The number of imide groups is 1. The van der Waals surface area contributed by atoms with Crippen LogP contribution >= 0.6 is 0 Å². The van der Waals surface area contributed by atoms with Crippen LogP contribution in [-0.4, -0.2) is 36.1 Å². The van der Waals surface area contributed by atoms with Crippen molar-refractivity contribution in [3.8, 4) is 6.07 Å². The SMILES string of the molecule is N#CC1(C(=O)ON2C(=O)c3ccccc3C2=O)CCOCC1. The highest BCUT2D eigenvalue weighted by atomic mass is 16.7. The number of fused-ring (bicyclic) bond motifs is 1. The normalized spacial score (nSPS) is 19.5. The van der Waals surface area contributed by atoms with Gasteiger partial charge in [0.05, 0.1) is 17.2 Å². The summed E-state index contributed by atoms with van der Waals surface area (Å²) in [5.74, 6) is -2.30. The van der Waals surface area contributed by atoms with Crippen molar-refractivity contribution in [1.82, 2.24) is 5.06 Å². The summed E-state index contributed by atoms with van der Waals surface area (Å²) in [5, 5.41) is 9.73. The maximum Gasteiger partial charge on any atom is 0.353 e. The number of carbonyl (C=O) groups excluding carboxylic acids is 3. The van der Waals surface area contributed by atoms with Gasteiger partial charge in [-0.15, -0.1) is 0 Å². The van der Waals surface area contributed by atoms with Crippen LogP contribution in [0.4, 0.5) is 0 Å². The Morgan fingerprint density at radius 2 is 1.73 bits per heavy atom. The van der Waals surface area contributed by atoms with E-state index in [1.54, 1.807) is 12.1 Å². The van der Waals surface area contributed by atoms with Gasteiger partial charge in [0, 0.05) is 26.1 Å². The van der Waals surface area contributed by atoms with Crippen LogP contribution in [0.2, 0.25) is 0 Å². The number of nitrogens with zero attached hydrogens (tertiary/aromatic N) is 2. The number of nitriles is 1. The number of carbonyl (C=O) groups is 3. The molecule has 0 aromatic heterocycles. The highest BCUT2D eigenvalue weighted by Crippen LogP contribution is 2.33. The van der Waals surface area contributed by atoms with E-state index in [1.165, 1.54) is 12.1 Å². The summed E-state index contributed by atoms with van der Waals surface area (Å²) in [7, 11) is 0. The molecule has 0 N–H and O–H groups in total. The molecule has 3 rings (SSSR count). The molecule has 0 aliphatic carbocycles. The summed E-state index contributed by atoms with van der Waals surface area (Å²) in [6.07, 6.45) is 0.344. The lowest BCUT2D eigenvalue weighted by Crippen LogP contribution is -2.42. The Balaban J connectivity index is 1.83. The van der Waals surface area contributed by atoms with Crippen LogP contribution < -0.4 is 0 Å². The molecule has 1 aromatic carbocycles. The third kappa shape index (κ3) is 2.05. The molecule has 112 valence electrons. The molecule has 2 aliphatic rings. The van der Waals surface area contributed by atoms with E-state index >= 15 is 0 Å². The van der Waals surface area contributed by atoms with E-state index in [1.807, 2.05) is 6.07 Å². The largest absolute Gasteiger partial charge is 0.381 e. The predicted octanol–water partition coefficient (Wildman–Crippen LogP) is 1.06. The van der Waals surface area contributed by atoms with Gasteiger partial charge in [-0.2, -0.15) is 5.26 Å². The molecular formula is C15H12N2O5. The van der Waals surface area contributed by atoms with Gasteiger partial charge in [0.2, 0.25) is 0 Å². The molecule has 2 amide bonds. The highest BCUT2D eigenvalue weighted by molar-refractivity contribution is 6.20. The van der Waals surface area contributed by atoms with Crippen LogP contribution in [0.15, 0.2) is 24.3 Å². The van der Waals surface area contributed by atoms with Crippen LogP contribution in [0.25, 0.3) is 0 Å². The van der Waals surface area contributed by atoms with Crippen molar-refractivity contribution >= 4 is 17.8 Å². The minimum Gasteiger partial charge on any atom is -0.381 e. The van der Waals surface area contributed by atoms with Crippen LogP contribution in [-0.2, 0) is 14.4 Å². The second kappa shape index (κ2) is 5.24. The fraction of sp³-hybridized carbons (Fsp3) is 0.333. The van der Waals surface area contributed by atoms with E-state index in [9.17, 15) is 19.6 Å². The zero-order valence-electron chi connectivity index (χ0n) is 11.6. The van der Waals surface area contributed by atoms with Gasteiger partial charge in [-0.05, 0) is 12.1 Å². The first-order valence-corrected chi connectivity index (χ1v) is 6.78. The summed E-state index contributed by atoms with van der Waals surface area (Å²) in [6, 6.07) is 8.14. The summed E-state index contributed by atoms with van der Waals surface area (Å²) in [4.78, 5) is 41.5. The number of benzene rings is 1. The molecule has 1 saturated heterocycles. The monoisotopic (exact) mass is 300 g/mol. The van der Waals surface area contributed by atoms with Gasteiger partial charge in [0.25, 0.3) is 11.8 Å². The Morgan fingerprint density at radius 3 is 2.23 bits per heavy atom. The van der Waals surface area contributed by atoms with Crippen molar-refractivity contribution in [2.45, 2.75) is 12.8 Å². The molecule has 0 bridgehead atoms. The highest BCUT2D eigenvalue weighted by Gasteiger charge is 2.46. The first kappa shape index (κ1) is 14.2. The molecule has 0 spiro atoms. The van der Waals surface area contributed by atoms with Crippen molar-refractivity contribution in [2.75, 3.05) is 13.2 Å². The molecule has 2 aliphatic heterocycles. The molecule has 0 radical (unpaired) electrons. The maximum absolute atomic E-state index is 12.3. The smallest absolute Gasteiger partial charge is 0.353 e. The number of hydrogen-bond donors (Lipinski definition) is 0.